The van der Waals surface area contributed by atoms with Crippen LogP contribution in [0.1, 0.15) is 124 Å². The second kappa shape index (κ2) is 14.2. The minimum absolute atomic E-state index is 0.170. The van der Waals surface area contributed by atoms with Gasteiger partial charge in [-0.15, -0.1) is 0 Å². The van der Waals surface area contributed by atoms with Gasteiger partial charge in [0.25, 0.3) is 0 Å². The van der Waals surface area contributed by atoms with Crippen molar-refractivity contribution in [3.8, 4) is 0 Å². The number of amides is 1. The van der Waals surface area contributed by atoms with Crippen molar-refractivity contribution in [3.05, 3.63) is 0 Å². The Morgan fingerprint density at radius 3 is 1.58 bits per heavy atom. The van der Waals surface area contributed by atoms with Gasteiger partial charge in [0.1, 0.15) is 0 Å². The molecule has 1 heterocycles. The molecule has 0 radical (unpaired) electrons. The van der Waals surface area contributed by atoms with Gasteiger partial charge in [-0.2, -0.15) is 0 Å². The van der Waals surface area contributed by atoms with E-state index < -0.39 is 6.10 Å². The summed E-state index contributed by atoms with van der Waals surface area (Å²) >= 11 is 0. The predicted molar refractivity (Wildman–Crippen MR) is 108 cm³/mol. The van der Waals surface area contributed by atoms with Crippen LogP contribution < -0.4 is 0 Å². The molecule has 1 atom stereocenters. The van der Waals surface area contributed by atoms with Gasteiger partial charge in [0.2, 0.25) is 6.10 Å². The van der Waals surface area contributed by atoms with Crippen LogP contribution in [0.2, 0.25) is 0 Å². The minimum atomic E-state index is -0.478. The number of rotatable bonds is 17. The van der Waals surface area contributed by atoms with Crippen molar-refractivity contribution in [3.63, 3.8) is 0 Å². The molecule has 0 aromatic heterocycles. The monoisotopic (exact) mass is 366 g/mol. The maximum absolute atomic E-state index is 11.6. The van der Waals surface area contributed by atoms with E-state index in [1.165, 1.54) is 89.9 Å². The average molecular weight is 367 g/mol. The summed E-state index contributed by atoms with van der Waals surface area (Å²) in [6.45, 7) is 6.44. The van der Waals surface area contributed by atoms with Gasteiger partial charge in [-0.1, -0.05) is 122 Å². The van der Waals surface area contributed by atoms with E-state index in [1.807, 2.05) is 0 Å². The summed E-state index contributed by atoms with van der Waals surface area (Å²) in [4.78, 5) is 16.7. The molecule has 0 aromatic carbocycles. The molecule has 0 aliphatic carbocycles. The lowest BCUT2D eigenvalue weighted by molar-refractivity contribution is -0.130. The van der Waals surface area contributed by atoms with Crippen LogP contribution in [-0.4, -0.2) is 12.0 Å². The van der Waals surface area contributed by atoms with Gasteiger partial charge in [0.15, 0.2) is 0 Å². The molecule has 4 nitrogen and oxygen atoms in total. The zero-order chi connectivity index (χ0) is 19.1. The molecule has 152 valence electrons. The SMILES string of the molecule is CCCCCCCCCCCCCCCCCC(C)(C)C1ON=NC1=O. The maximum Gasteiger partial charge on any atom is 0.311 e. The van der Waals surface area contributed by atoms with Crippen LogP contribution in [0, 0.1) is 5.41 Å². The third-order valence-electron chi connectivity index (χ3n) is 5.65. The summed E-state index contributed by atoms with van der Waals surface area (Å²) < 4.78 is 0. The number of unbranched alkanes of at least 4 members (excludes halogenated alkanes) is 14. The van der Waals surface area contributed by atoms with Crippen LogP contribution >= 0.6 is 0 Å². The summed E-state index contributed by atoms with van der Waals surface area (Å²) in [5, 5.41) is 6.88. The second-order valence-electron chi connectivity index (χ2n) is 8.69. The first-order valence-electron chi connectivity index (χ1n) is 11.2. The highest BCUT2D eigenvalue weighted by Crippen LogP contribution is 2.33. The molecule has 1 unspecified atom stereocenters. The Balaban J connectivity index is 1.83. The Labute approximate surface area is 161 Å². The summed E-state index contributed by atoms with van der Waals surface area (Å²) in [7, 11) is 0. The molecular formula is C22H42N2O2. The lowest BCUT2D eigenvalue weighted by Gasteiger charge is -2.27. The Bertz CT molecular complexity index is 394. The summed E-state index contributed by atoms with van der Waals surface area (Å²) in [5.74, 6) is -0.226. The number of hydrogen-bond donors (Lipinski definition) is 0. The lowest BCUT2D eigenvalue weighted by Crippen LogP contribution is -2.34. The Morgan fingerprint density at radius 1 is 0.769 bits per heavy atom. The third kappa shape index (κ3) is 10.3. The highest BCUT2D eigenvalue weighted by molar-refractivity contribution is 5.82. The van der Waals surface area contributed by atoms with Gasteiger partial charge in [-0.3, -0.25) is 4.79 Å². The molecule has 26 heavy (non-hydrogen) atoms. The first-order valence-corrected chi connectivity index (χ1v) is 11.2. The molecule has 1 amide bonds. The molecule has 0 saturated heterocycles. The van der Waals surface area contributed by atoms with E-state index in [0.717, 1.165) is 12.8 Å². The van der Waals surface area contributed by atoms with Crippen LogP contribution in [0.3, 0.4) is 0 Å². The Hall–Kier alpha value is -0.930. The van der Waals surface area contributed by atoms with Crippen molar-refractivity contribution in [1.29, 1.82) is 0 Å². The molecule has 0 fully saturated rings. The summed E-state index contributed by atoms with van der Waals surface area (Å²) in [5.41, 5.74) is -0.170. The molecule has 1 aliphatic heterocycles. The predicted octanol–water partition coefficient (Wildman–Crippen LogP) is 7.57. The standard InChI is InChI=1S/C22H42N2O2/c1-4-5-6-7-8-9-10-11-12-13-14-15-16-17-18-19-22(2,3)20-21(25)23-24-26-20/h20H,4-19H2,1-3H3. The smallest absolute Gasteiger partial charge is 0.311 e. The molecule has 0 bridgehead atoms. The first kappa shape index (κ1) is 23.1. The normalized spacial score (nSPS) is 17.0. The molecule has 1 rings (SSSR count). The van der Waals surface area contributed by atoms with E-state index in [-0.39, 0.29) is 11.3 Å². The van der Waals surface area contributed by atoms with Crippen LogP contribution in [-0.2, 0) is 9.63 Å². The largest absolute Gasteiger partial charge is 0.365 e. The topological polar surface area (TPSA) is 51.0 Å². The van der Waals surface area contributed by atoms with E-state index in [0.29, 0.717) is 0 Å². The van der Waals surface area contributed by atoms with Gasteiger partial charge >= 0.3 is 5.91 Å². The highest BCUT2D eigenvalue weighted by Gasteiger charge is 2.40. The fourth-order valence-corrected chi connectivity index (χ4v) is 3.77. The van der Waals surface area contributed by atoms with Crippen molar-refractivity contribution in [2.24, 2.45) is 15.8 Å². The van der Waals surface area contributed by atoms with Crippen LogP contribution in [0.5, 0.6) is 0 Å². The molecule has 0 N–H and O–H groups in total. The lowest BCUT2D eigenvalue weighted by atomic mass is 9.81. The Morgan fingerprint density at radius 2 is 1.19 bits per heavy atom. The van der Waals surface area contributed by atoms with E-state index in [4.69, 9.17) is 4.84 Å². The van der Waals surface area contributed by atoms with Gasteiger partial charge in [-0.25, -0.2) is 0 Å². The van der Waals surface area contributed by atoms with E-state index in [1.54, 1.807) is 0 Å². The quantitative estimate of drug-likeness (QED) is 0.249. The zero-order valence-electron chi connectivity index (χ0n) is 17.6. The summed E-state index contributed by atoms with van der Waals surface area (Å²) in [6.07, 6.45) is 21.1. The van der Waals surface area contributed by atoms with Crippen LogP contribution in [0.4, 0.5) is 0 Å². The van der Waals surface area contributed by atoms with E-state index in [9.17, 15) is 4.79 Å². The van der Waals surface area contributed by atoms with Crippen molar-refractivity contribution >= 4 is 5.91 Å². The average Bonchev–Trinajstić information content (AvgIpc) is 3.05. The van der Waals surface area contributed by atoms with Crippen molar-refractivity contribution in [1.82, 2.24) is 0 Å². The van der Waals surface area contributed by atoms with Gasteiger partial charge < -0.3 is 4.84 Å². The Kier molecular flexibility index (Phi) is 12.6. The molecule has 0 aromatic rings. The molecule has 0 spiro atoms. The van der Waals surface area contributed by atoms with Gasteiger partial charge in [0, 0.05) is 10.7 Å². The molecule has 0 saturated carbocycles. The number of carbonyl (C=O) groups excluding carboxylic acids is 1. The van der Waals surface area contributed by atoms with Crippen LogP contribution in [0.15, 0.2) is 10.4 Å². The molecule has 1 aliphatic rings. The van der Waals surface area contributed by atoms with Gasteiger partial charge in [-0.05, 0) is 6.42 Å². The third-order valence-corrected chi connectivity index (χ3v) is 5.65. The van der Waals surface area contributed by atoms with E-state index in [2.05, 4.69) is 31.2 Å². The number of nitrogens with zero attached hydrogens (tertiary/aromatic N) is 2. The molecule has 4 heteroatoms. The van der Waals surface area contributed by atoms with Crippen LogP contribution in [0.25, 0.3) is 0 Å². The van der Waals surface area contributed by atoms with E-state index >= 15 is 0 Å². The zero-order valence-corrected chi connectivity index (χ0v) is 17.6. The fourth-order valence-electron chi connectivity index (χ4n) is 3.77. The minimum Gasteiger partial charge on any atom is -0.365 e. The fraction of sp³-hybridized carbons (Fsp3) is 0.955. The number of carbonyl (C=O) groups is 1. The number of hydrogen-bond acceptors (Lipinski definition) is 3. The maximum atomic E-state index is 11.6. The summed E-state index contributed by atoms with van der Waals surface area (Å²) in [6, 6.07) is 0. The molecular weight excluding hydrogens is 324 g/mol. The van der Waals surface area contributed by atoms with Crippen molar-refractivity contribution in [2.45, 2.75) is 130 Å². The van der Waals surface area contributed by atoms with Crippen molar-refractivity contribution in [2.75, 3.05) is 0 Å². The van der Waals surface area contributed by atoms with Gasteiger partial charge in [0.05, 0.1) is 0 Å². The highest BCUT2D eigenvalue weighted by atomic mass is 16.7. The van der Waals surface area contributed by atoms with Crippen molar-refractivity contribution < 1.29 is 9.63 Å². The first-order chi connectivity index (χ1) is 12.6. The second-order valence-corrected chi connectivity index (χ2v) is 8.69.